The number of aromatic nitrogens is 2. The van der Waals surface area contributed by atoms with Gasteiger partial charge in [-0.15, -0.1) is 0 Å². The van der Waals surface area contributed by atoms with Gasteiger partial charge in [-0.2, -0.15) is 5.10 Å². The summed E-state index contributed by atoms with van der Waals surface area (Å²) in [4.78, 5) is 0. The van der Waals surface area contributed by atoms with Gasteiger partial charge in [0, 0.05) is 12.1 Å². The lowest BCUT2D eigenvalue weighted by Crippen LogP contribution is -2.12. The summed E-state index contributed by atoms with van der Waals surface area (Å²) in [5.41, 5.74) is 7.12. The molecule has 3 N–H and O–H groups in total. The molecule has 2 aromatic rings. The molecule has 5 nitrogen and oxygen atoms in total. The molecular formula is C13H16N4O. The summed E-state index contributed by atoms with van der Waals surface area (Å²) >= 11 is 0. The van der Waals surface area contributed by atoms with Gasteiger partial charge < -0.3 is 10.5 Å². The molecule has 0 bridgehead atoms. The zero-order chi connectivity index (χ0) is 13.1. The van der Waals surface area contributed by atoms with Crippen molar-refractivity contribution in [1.29, 1.82) is 5.41 Å². The highest BCUT2D eigenvalue weighted by molar-refractivity contribution is 5.96. The third-order valence-electron chi connectivity index (χ3n) is 2.66. The van der Waals surface area contributed by atoms with E-state index in [1.807, 2.05) is 26.1 Å². The Balaban J connectivity index is 2.19. The second-order valence-electron chi connectivity index (χ2n) is 4.02. The summed E-state index contributed by atoms with van der Waals surface area (Å²) in [6.45, 7) is 4.73. The van der Waals surface area contributed by atoms with Gasteiger partial charge in [-0.3, -0.25) is 10.1 Å². The number of hydrogen-bond acceptors (Lipinski definition) is 3. The molecule has 0 aliphatic heterocycles. The van der Waals surface area contributed by atoms with Crippen molar-refractivity contribution >= 4 is 5.84 Å². The van der Waals surface area contributed by atoms with Crippen LogP contribution < -0.4 is 10.5 Å². The summed E-state index contributed by atoms with van der Waals surface area (Å²) in [6, 6.07) is 5.45. The maximum Gasteiger partial charge on any atom is 0.165 e. The molecule has 0 atom stereocenters. The maximum atomic E-state index is 7.42. The van der Waals surface area contributed by atoms with Crippen LogP contribution in [0.4, 0.5) is 0 Å². The summed E-state index contributed by atoms with van der Waals surface area (Å²) in [5, 5.41) is 11.6. The van der Waals surface area contributed by atoms with Gasteiger partial charge in [0.15, 0.2) is 5.75 Å². The number of nitrogens with one attached hydrogen (secondary N) is 1. The minimum absolute atomic E-state index is 0.0675. The normalized spacial score (nSPS) is 10.3. The van der Waals surface area contributed by atoms with Crippen molar-refractivity contribution in [2.75, 3.05) is 0 Å². The van der Waals surface area contributed by atoms with Crippen LogP contribution in [-0.4, -0.2) is 15.6 Å². The molecular weight excluding hydrogens is 228 g/mol. The van der Waals surface area contributed by atoms with E-state index in [-0.39, 0.29) is 5.84 Å². The first-order chi connectivity index (χ1) is 8.60. The number of nitrogens with zero attached hydrogens (tertiary/aromatic N) is 2. The van der Waals surface area contributed by atoms with E-state index in [4.69, 9.17) is 15.9 Å². The van der Waals surface area contributed by atoms with Gasteiger partial charge in [0.25, 0.3) is 0 Å². The molecule has 0 radical (unpaired) electrons. The van der Waals surface area contributed by atoms with E-state index in [2.05, 4.69) is 5.10 Å². The van der Waals surface area contributed by atoms with Gasteiger partial charge in [0.05, 0.1) is 12.4 Å². The van der Waals surface area contributed by atoms with E-state index in [0.29, 0.717) is 11.5 Å². The van der Waals surface area contributed by atoms with Gasteiger partial charge >= 0.3 is 0 Å². The van der Waals surface area contributed by atoms with Gasteiger partial charge in [-0.05, 0) is 37.6 Å². The van der Waals surface area contributed by atoms with Crippen LogP contribution in [0.25, 0.3) is 0 Å². The molecule has 1 heterocycles. The summed E-state index contributed by atoms with van der Waals surface area (Å²) in [7, 11) is 0. The lowest BCUT2D eigenvalue weighted by atomic mass is 10.1. The lowest BCUT2D eigenvalue weighted by Gasteiger charge is -2.07. The highest BCUT2D eigenvalue weighted by atomic mass is 16.5. The molecule has 94 valence electrons. The lowest BCUT2D eigenvalue weighted by molar-refractivity contribution is 0.481. The first-order valence-electron chi connectivity index (χ1n) is 5.75. The molecule has 1 aromatic heterocycles. The van der Waals surface area contributed by atoms with Crippen LogP contribution in [0.5, 0.6) is 11.5 Å². The number of nitrogens with two attached hydrogens (primary N) is 1. The van der Waals surface area contributed by atoms with Crippen LogP contribution in [0.2, 0.25) is 0 Å². The van der Waals surface area contributed by atoms with E-state index in [9.17, 15) is 0 Å². The van der Waals surface area contributed by atoms with Crippen molar-refractivity contribution in [3.63, 3.8) is 0 Å². The minimum atomic E-state index is 0.0675. The average Bonchev–Trinajstić information content (AvgIpc) is 2.76. The smallest absolute Gasteiger partial charge is 0.165 e. The van der Waals surface area contributed by atoms with E-state index in [1.54, 1.807) is 23.0 Å². The largest absolute Gasteiger partial charge is 0.454 e. The third kappa shape index (κ3) is 2.51. The molecule has 0 fully saturated rings. The van der Waals surface area contributed by atoms with E-state index < -0.39 is 0 Å². The SMILES string of the molecule is CCn1cc(Oc2ccc(C(=N)N)c(C)c2)cn1. The predicted octanol–water partition coefficient (Wildman–Crippen LogP) is 2.29. The van der Waals surface area contributed by atoms with E-state index in [0.717, 1.165) is 17.7 Å². The molecule has 0 spiro atoms. The fraction of sp³-hybridized carbons (Fsp3) is 0.231. The number of ether oxygens (including phenoxy) is 1. The van der Waals surface area contributed by atoms with Crippen molar-refractivity contribution in [2.24, 2.45) is 5.73 Å². The molecule has 18 heavy (non-hydrogen) atoms. The second kappa shape index (κ2) is 4.91. The topological polar surface area (TPSA) is 76.9 Å². The standard InChI is InChI=1S/C13H16N4O/c1-3-17-8-11(7-16-17)18-10-4-5-12(13(14)15)9(2)6-10/h4-8H,3H2,1-2H3,(H3,14,15). The van der Waals surface area contributed by atoms with Crippen LogP contribution in [0.15, 0.2) is 30.6 Å². The Hall–Kier alpha value is -2.30. The number of benzene rings is 1. The number of hydrogen-bond donors (Lipinski definition) is 2. The van der Waals surface area contributed by atoms with Crippen molar-refractivity contribution in [2.45, 2.75) is 20.4 Å². The highest BCUT2D eigenvalue weighted by Crippen LogP contribution is 2.23. The third-order valence-corrected chi connectivity index (χ3v) is 2.66. The first kappa shape index (κ1) is 12.2. The first-order valence-corrected chi connectivity index (χ1v) is 5.75. The van der Waals surface area contributed by atoms with Crippen molar-refractivity contribution < 1.29 is 4.74 Å². The Bertz CT molecular complexity index is 574. The molecule has 0 amide bonds. The van der Waals surface area contributed by atoms with Crippen molar-refractivity contribution in [3.8, 4) is 11.5 Å². The minimum Gasteiger partial charge on any atom is -0.454 e. The second-order valence-corrected chi connectivity index (χ2v) is 4.02. The fourth-order valence-corrected chi connectivity index (χ4v) is 1.71. The van der Waals surface area contributed by atoms with Gasteiger partial charge in [0.2, 0.25) is 0 Å². The van der Waals surface area contributed by atoms with Crippen molar-refractivity contribution in [3.05, 3.63) is 41.7 Å². The molecule has 1 aromatic carbocycles. The maximum absolute atomic E-state index is 7.42. The highest BCUT2D eigenvalue weighted by Gasteiger charge is 2.05. The number of rotatable bonds is 4. The predicted molar refractivity (Wildman–Crippen MR) is 70.2 cm³/mol. The van der Waals surface area contributed by atoms with E-state index >= 15 is 0 Å². The summed E-state index contributed by atoms with van der Waals surface area (Å²) in [5.74, 6) is 1.48. The quantitative estimate of drug-likeness (QED) is 0.640. The summed E-state index contributed by atoms with van der Waals surface area (Å²) < 4.78 is 7.48. The Kier molecular flexibility index (Phi) is 3.32. The number of amidine groups is 1. The molecule has 0 aliphatic rings. The Labute approximate surface area is 106 Å². The van der Waals surface area contributed by atoms with Crippen LogP contribution in [0.3, 0.4) is 0 Å². The van der Waals surface area contributed by atoms with Gasteiger partial charge in [-0.25, -0.2) is 0 Å². The molecule has 2 rings (SSSR count). The molecule has 5 heteroatoms. The zero-order valence-corrected chi connectivity index (χ0v) is 10.5. The fourth-order valence-electron chi connectivity index (χ4n) is 1.71. The molecule has 0 saturated heterocycles. The zero-order valence-electron chi connectivity index (χ0n) is 10.5. The Morgan fingerprint density at radius 3 is 2.78 bits per heavy atom. The number of nitrogen functional groups attached to an aromatic ring is 1. The van der Waals surface area contributed by atoms with Crippen molar-refractivity contribution in [1.82, 2.24) is 9.78 Å². The molecule has 0 aliphatic carbocycles. The Morgan fingerprint density at radius 1 is 1.44 bits per heavy atom. The van der Waals surface area contributed by atoms with Gasteiger partial charge in [-0.1, -0.05) is 0 Å². The van der Waals surface area contributed by atoms with Crippen LogP contribution in [-0.2, 0) is 6.54 Å². The Morgan fingerprint density at radius 2 is 2.22 bits per heavy atom. The molecule has 0 unspecified atom stereocenters. The monoisotopic (exact) mass is 244 g/mol. The van der Waals surface area contributed by atoms with Gasteiger partial charge in [0.1, 0.15) is 11.6 Å². The number of aryl methyl sites for hydroxylation is 2. The summed E-state index contributed by atoms with van der Waals surface area (Å²) in [6.07, 6.45) is 3.52. The van der Waals surface area contributed by atoms with Crippen LogP contribution in [0.1, 0.15) is 18.1 Å². The van der Waals surface area contributed by atoms with Crippen LogP contribution in [0, 0.1) is 12.3 Å². The molecule has 0 saturated carbocycles. The van der Waals surface area contributed by atoms with Crippen LogP contribution >= 0.6 is 0 Å². The van der Waals surface area contributed by atoms with E-state index in [1.165, 1.54) is 0 Å². The average molecular weight is 244 g/mol.